The van der Waals surface area contributed by atoms with Crippen LogP contribution in [0.2, 0.25) is 0 Å². The van der Waals surface area contributed by atoms with Gasteiger partial charge in [0.15, 0.2) is 0 Å². The van der Waals surface area contributed by atoms with Gasteiger partial charge in [0, 0.05) is 233 Å². The second-order valence-electron chi connectivity index (χ2n) is 39.2. The van der Waals surface area contributed by atoms with Gasteiger partial charge >= 0.3 is 0 Å². The summed E-state index contributed by atoms with van der Waals surface area (Å²) in [6, 6.07) is 12.6. The number of piperazine rings is 3. The lowest BCUT2D eigenvalue weighted by Crippen LogP contribution is -2.59. The predicted molar refractivity (Wildman–Crippen MR) is 468 cm³/mol. The lowest BCUT2D eigenvalue weighted by molar-refractivity contribution is -0.0149. The van der Waals surface area contributed by atoms with E-state index >= 15 is 0 Å². The van der Waals surface area contributed by atoms with Crippen LogP contribution >= 0.6 is 0 Å². The van der Waals surface area contributed by atoms with E-state index in [2.05, 4.69) is 257 Å². The molecule has 0 bridgehead atoms. The Kier molecular flexibility index (Phi) is 44.1. The lowest BCUT2D eigenvalue weighted by Gasteiger charge is -2.46. The van der Waals surface area contributed by atoms with Crippen molar-refractivity contribution in [2.75, 3.05) is 245 Å². The SMILES string of the molecule is CC(C)C1CCN(C)CC1.CC(C)N1CC(N(C)C)C1.CC(C)N1CC(N)C1.CC(C)N1CCC(N2CCN(C)C3(CC3)C2)CC1.CC(C)N1CCC(N2CCN(C)[C@H](C)C2)CC1.CC(C)N1CCC(N2CCN(C3CC3)CC2)CC1.CC(C)N1CCOCC1.CC(C)N1CCOC[C@@H]1C.CNC1CN(C(C)C)C1. The highest BCUT2D eigenvalue weighted by Gasteiger charge is 2.50. The summed E-state index contributed by atoms with van der Waals surface area (Å²) in [5.74, 6) is 1.89. The Morgan fingerprint density at radius 1 is 0.376 bits per heavy atom. The number of nitrogens with two attached hydrogens (primary N) is 1. The van der Waals surface area contributed by atoms with Gasteiger partial charge in [-0.3, -0.25) is 49.0 Å². The van der Waals surface area contributed by atoms with Crippen LogP contribution in [-0.4, -0.2) is 432 Å². The Morgan fingerprint density at radius 3 is 1.11 bits per heavy atom. The molecule has 2 atom stereocenters. The average Bonchev–Trinajstić information content (AvgIpc) is 1.61. The first-order valence-corrected chi connectivity index (χ1v) is 45.9. The summed E-state index contributed by atoms with van der Waals surface area (Å²) < 4.78 is 10.5. The Morgan fingerprint density at radius 2 is 0.761 bits per heavy atom. The highest BCUT2D eigenvalue weighted by Crippen LogP contribution is 2.44. The number of hydrogen-bond donors (Lipinski definition) is 2. The van der Waals surface area contributed by atoms with E-state index in [0.29, 0.717) is 35.7 Å². The predicted octanol–water partition coefficient (Wildman–Crippen LogP) is 9.58. The van der Waals surface area contributed by atoms with Crippen LogP contribution in [0.3, 0.4) is 0 Å². The first-order chi connectivity index (χ1) is 51.7. The molecule has 2 aliphatic carbocycles. The molecule has 20 nitrogen and oxygen atoms in total. The lowest BCUT2D eigenvalue weighted by atomic mass is 9.87. The van der Waals surface area contributed by atoms with Crippen LogP contribution < -0.4 is 11.1 Å². The average molecular weight is 1540 g/mol. The Labute approximate surface area is 676 Å². The van der Waals surface area contributed by atoms with Crippen molar-refractivity contribution in [3.05, 3.63) is 0 Å². The van der Waals surface area contributed by atoms with Crippen molar-refractivity contribution in [2.45, 2.75) is 324 Å². The van der Waals surface area contributed by atoms with Crippen LogP contribution in [0.1, 0.15) is 216 Å². The first kappa shape index (κ1) is 97.0. The van der Waals surface area contributed by atoms with E-state index in [1.54, 1.807) is 0 Å². The van der Waals surface area contributed by atoms with Gasteiger partial charge < -0.3 is 49.9 Å². The van der Waals surface area contributed by atoms with Crippen molar-refractivity contribution in [2.24, 2.45) is 17.6 Å². The van der Waals surface area contributed by atoms with Gasteiger partial charge in [-0.1, -0.05) is 13.8 Å². The summed E-state index contributed by atoms with van der Waals surface area (Å²) in [6.07, 6.45) is 16.9. The third kappa shape index (κ3) is 33.9. The van der Waals surface area contributed by atoms with Gasteiger partial charge in [0.2, 0.25) is 0 Å². The van der Waals surface area contributed by atoms with Gasteiger partial charge in [-0.15, -0.1) is 0 Å². The third-order valence-corrected chi connectivity index (χ3v) is 28.1. The molecule has 12 aliphatic heterocycles. The Balaban J connectivity index is 0.000000195. The fraction of sp³-hybridized carbons (Fsp3) is 1.00. The second-order valence-corrected chi connectivity index (χ2v) is 39.2. The maximum Gasteiger partial charge on any atom is 0.0619 e. The summed E-state index contributed by atoms with van der Waals surface area (Å²) in [7, 11) is 13.1. The minimum Gasteiger partial charge on any atom is -0.379 e. The zero-order chi connectivity index (χ0) is 80.2. The molecule has 109 heavy (non-hydrogen) atoms. The number of ether oxygens (including phenoxy) is 2. The van der Waals surface area contributed by atoms with Crippen molar-refractivity contribution >= 4 is 0 Å². The summed E-state index contributed by atoms with van der Waals surface area (Å²) in [5, 5.41) is 3.24. The largest absolute Gasteiger partial charge is 0.379 e. The molecule has 14 aliphatic rings. The fourth-order valence-corrected chi connectivity index (χ4v) is 18.3. The van der Waals surface area contributed by atoms with Crippen LogP contribution in [0.25, 0.3) is 0 Å². The van der Waals surface area contributed by atoms with Gasteiger partial charge in [-0.2, -0.15) is 0 Å². The van der Waals surface area contributed by atoms with Gasteiger partial charge in [-0.25, -0.2) is 0 Å². The van der Waals surface area contributed by atoms with Crippen LogP contribution in [0, 0.1) is 11.8 Å². The number of likely N-dealkylation sites (tertiary alicyclic amines) is 7. The number of nitrogens with one attached hydrogen (secondary N) is 1. The van der Waals surface area contributed by atoms with Crippen molar-refractivity contribution in [3.63, 3.8) is 0 Å². The maximum atomic E-state index is 5.56. The van der Waals surface area contributed by atoms with Crippen LogP contribution in [-0.2, 0) is 9.47 Å². The molecule has 0 amide bonds. The monoisotopic (exact) mass is 1540 g/mol. The number of hydrogen-bond acceptors (Lipinski definition) is 20. The molecule has 2 saturated carbocycles. The molecular weight excluding hydrogens is 1350 g/mol. The number of nitrogens with zero attached hydrogens (tertiary/aromatic N) is 16. The van der Waals surface area contributed by atoms with Crippen LogP contribution in [0.4, 0.5) is 0 Å². The first-order valence-electron chi connectivity index (χ1n) is 45.9. The quantitative estimate of drug-likeness (QED) is 0.162. The number of likely N-dealkylation sites (N-methyl/N-ethyl adjacent to an activating group) is 4. The molecule has 0 unspecified atom stereocenters. The second kappa shape index (κ2) is 49.6. The van der Waals surface area contributed by atoms with Crippen molar-refractivity contribution < 1.29 is 9.47 Å². The zero-order valence-corrected chi connectivity index (χ0v) is 76.9. The number of piperidine rings is 4. The van der Waals surface area contributed by atoms with E-state index in [4.69, 9.17) is 15.2 Å². The molecule has 12 saturated heterocycles. The zero-order valence-electron chi connectivity index (χ0n) is 76.9. The van der Waals surface area contributed by atoms with Crippen LogP contribution in [0.5, 0.6) is 0 Å². The summed E-state index contributed by atoms with van der Waals surface area (Å²) in [4.78, 5) is 41.0. The van der Waals surface area contributed by atoms with E-state index < -0.39 is 0 Å². The minimum absolute atomic E-state index is 0.456. The smallest absolute Gasteiger partial charge is 0.0619 e. The van der Waals surface area contributed by atoms with Gasteiger partial charge in [-0.05, 0) is 308 Å². The van der Waals surface area contributed by atoms with Gasteiger partial charge in [0.25, 0.3) is 0 Å². The molecule has 1 spiro atoms. The normalized spacial score (nSPS) is 27.5. The summed E-state index contributed by atoms with van der Waals surface area (Å²) in [5.41, 5.74) is 6.16. The van der Waals surface area contributed by atoms with Gasteiger partial charge in [0.05, 0.1) is 26.4 Å². The third-order valence-electron chi connectivity index (χ3n) is 28.1. The van der Waals surface area contributed by atoms with Crippen molar-refractivity contribution in [1.82, 2.24) is 83.7 Å². The summed E-state index contributed by atoms with van der Waals surface area (Å²) >= 11 is 0. The van der Waals surface area contributed by atoms with E-state index in [1.807, 2.05) is 7.05 Å². The topological polar surface area (TPSA) is 108 Å². The van der Waals surface area contributed by atoms with Crippen molar-refractivity contribution in [3.8, 4) is 0 Å². The Hall–Kier alpha value is -0.800. The highest BCUT2D eigenvalue weighted by atomic mass is 16.5. The minimum atomic E-state index is 0.456. The molecule has 14 rings (SSSR count). The van der Waals surface area contributed by atoms with E-state index in [-0.39, 0.29) is 0 Å². The summed E-state index contributed by atoms with van der Waals surface area (Å²) in [6.45, 7) is 83.1. The highest BCUT2D eigenvalue weighted by molar-refractivity contribution is 5.08. The molecule has 0 aromatic carbocycles. The van der Waals surface area contributed by atoms with E-state index in [1.165, 1.54) is 221 Å². The van der Waals surface area contributed by atoms with Gasteiger partial charge in [0.1, 0.15) is 0 Å². The van der Waals surface area contributed by atoms with E-state index in [9.17, 15) is 0 Å². The standard InChI is InChI=1S/2C15H29N3.C14H29N3.C9H19N.C8H18N2.C8H17NO.C7H16N2.C7H15NO.C6H14N2/c1-13(2)17-8-4-14(5-9-17)18-11-10-16(3)15(12-18)6-7-15;1-13(2)16-7-5-15(6-8-16)18-11-9-17(10-12-18)14-3-4-14;1-12(2)16-7-5-14(6-8-16)17-10-9-15(4)13(3)11-17;1-8(2)9-4-6-10(3)7-5-9;1-7(2)10-5-8(6-10)9(3)4;1-7(2)9-4-5-10-6-8(9)3;1-6(2)9-4-7(5-9)8-3;1-7(2)8-3-5-9-6-4-8;1-5(2)8-3-6(7)4-8/h13-14H,4-12H2,1-3H3;13-15H,3-12H2,1-2H3;12-14H,5-11H2,1-4H3;8-9H,4-7H2,1-3H3;7-8H,5-6H2,1-4H3;7-8H,4-6H2,1-3H3;6-8H,4-5H2,1-3H3;7H,3-6H2,1-2H3;5-6H,3-4,7H2,1-2H3/t;;13-;;;8-;;;/m..1..0.../s1. The molecule has 644 valence electrons. The molecule has 12 heterocycles. The van der Waals surface area contributed by atoms with Crippen LogP contribution in [0.15, 0.2) is 0 Å². The molecule has 20 heteroatoms. The number of rotatable bonds is 15. The molecule has 0 aromatic rings. The maximum absolute atomic E-state index is 5.56. The molecule has 0 radical (unpaired) electrons. The molecule has 3 N–H and O–H groups in total. The number of morpholine rings is 2. The molecule has 14 fully saturated rings. The molecular formula is C89H186N18O2. The fourth-order valence-electron chi connectivity index (χ4n) is 18.3. The Bertz CT molecular complexity index is 2250. The van der Waals surface area contributed by atoms with E-state index in [0.717, 1.165) is 143 Å². The van der Waals surface area contributed by atoms with Crippen molar-refractivity contribution in [1.29, 1.82) is 0 Å². The molecule has 0 aromatic heterocycles.